The number of nitrogens with zero attached hydrogens (tertiary/aromatic N) is 1. The predicted molar refractivity (Wildman–Crippen MR) is 275 cm³/mol. The number of fused-ring (bicyclic) bond motifs is 3. The molecule has 0 spiro atoms. The van der Waals surface area contributed by atoms with Crippen molar-refractivity contribution < 1.29 is 76.0 Å². The highest BCUT2D eigenvalue weighted by molar-refractivity contribution is 7.48. The van der Waals surface area contributed by atoms with E-state index in [1.54, 1.807) is 54.9 Å². The molecule has 1 saturated carbocycles. The summed E-state index contributed by atoms with van der Waals surface area (Å²) in [7, 11) is 0.655. The molecule has 0 aromatic rings. The summed E-state index contributed by atoms with van der Waals surface area (Å²) in [5.41, 5.74) is 1.15. The molecule has 3 heterocycles. The number of hydrogen-bond acceptors (Lipinski definition) is 16. The number of ketones is 3. The van der Waals surface area contributed by atoms with Crippen molar-refractivity contribution in [2.24, 2.45) is 35.5 Å². The molecular formula is C55H88NO16P. The lowest BCUT2D eigenvalue weighted by Gasteiger charge is -2.42. The lowest BCUT2D eigenvalue weighted by Crippen LogP contribution is -2.61. The van der Waals surface area contributed by atoms with E-state index in [0.29, 0.717) is 64.2 Å². The number of aliphatic hydroxyl groups is 2. The van der Waals surface area contributed by atoms with Crippen LogP contribution in [0.25, 0.3) is 0 Å². The van der Waals surface area contributed by atoms with Crippen molar-refractivity contribution in [2.75, 3.05) is 41.1 Å². The maximum atomic E-state index is 14.6. The molecule has 1 aliphatic carbocycles. The molecule has 414 valence electrons. The first kappa shape index (κ1) is 62.3. The highest BCUT2D eigenvalue weighted by Crippen LogP contribution is 2.53. The first-order valence-corrected chi connectivity index (χ1v) is 28.1. The van der Waals surface area contributed by atoms with Crippen LogP contribution in [0.15, 0.2) is 47.6 Å². The summed E-state index contributed by atoms with van der Waals surface area (Å²) in [6.45, 7) is 16.3. The van der Waals surface area contributed by atoms with Gasteiger partial charge < -0.3 is 38.8 Å². The van der Waals surface area contributed by atoms with Crippen LogP contribution >= 0.6 is 7.82 Å². The molecule has 1 amide bonds. The Balaban J connectivity index is 1.70. The van der Waals surface area contributed by atoms with Crippen LogP contribution in [0, 0.1) is 35.5 Å². The third-order valence-electron chi connectivity index (χ3n) is 15.3. The Morgan fingerprint density at radius 1 is 0.849 bits per heavy atom. The first-order chi connectivity index (χ1) is 34.6. The number of cyclic esters (lactones) is 1. The monoisotopic (exact) mass is 1050 g/mol. The van der Waals surface area contributed by atoms with E-state index in [2.05, 4.69) is 0 Å². The topological polar surface area (TPSA) is 220 Å². The van der Waals surface area contributed by atoms with Crippen LogP contribution in [-0.2, 0) is 65.8 Å². The van der Waals surface area contributed by atoms with Crippen LogP contribution in [0.4, 0.5) is 0 Å². The minimum absolute atomic E-state index is 0.00174. The third-order valence-corrected chi connectivity index (χ3v) is 17.0. The molecule has 73 heavy (non-hydrogen) atoms. The zero-order valence-corrected chi connectivity index (χ0v) is 46.6. The number of hydrogen-bond donors (Lipinski definition) is 2. The molecule has 18 heteroatoms. The number of Topliss-reactive ketones (excluding diaryl/α,β-unsaturated/α-hetero) is 3. The number of esters is 1. The van der Waals surface area contributed by atoms with Gasteiger partial charge in [0.05, 0.1) is 43.7 Å². The average Bonchev–Trinajstić information content (AvgIpc) is 3.35. The lowest BCUT2D eigenvalue weighted by molar-refractivity contribution is -0.265. The number of allylic oxidation sites excluding steroid dienone is 6. The summed E-state index contributed by atoms with van der Waals surface area (Å²) < 4.78 is 59.9. The van der Waals surface area contributed by atoms with Crippen molar-refractivity contribution in [1.82, 2.24) is 4.90 Å². The van der Waals surface area contributed by atoms with Crippen molar-refractivity contribution in [2.45, 2.75) is 194 Å². The summed E-state index contributed by atoms with van der Waals surface area (Å²) in [6, 6.07) is -1.18. The lowest BCUT2D eigenvalue weighted by atomic mass is 9.78. The van der Waals surface area contributed by atoms with E-state index >= 15 is 0 Å². The minimum Gasteiger partial charge on any atom is -0.460 e. The molecule has 2 bridgehead atoms. The van der Waals surface area contributed by atoms with Gasteiger partial charge in [-0.1, -0.05) is 71.1 Å². The number of aliphatic hydroxyl groups excluding tert-OH is 1. The van der Waals surface area contributed by atoms with Crippen LogP contribution < -0.4 is 0 Å². The summed E-state index contributed by atoms with van der Waals surface area (Å²) in [5.74, 6) is -8.37. The number of piperidine rings is 1. The Hall–Kier alpha value is -3.22. The van der Waals surface area contributed by atoms with Gasteiger partial charge in [-0.05, 0) is 121 Å². The highest BCUT2D eigenvalue weighted by atomic mass is 31.2. The van der Waals surface area contributed by atoms with Gasteiger partial charge >= 0.3 is 13.8 Å². The maximum absolute atomic E-state index is 14.6. The van der Waals surface area contributed by atoms with E-state index in [-0.39, 0.29) is 61.6 Å². The van der Waals surface area contributed by atoms with Crippen LogP contribution in [0.5, 0.6) is 0 Å². The normalized spacial score (nSPS) is 35.2. The molecule has 2 saturated heterocycles. The van der Waals surface area contributed by atoms with Crippen LogP contribution in [0.3, 0.4) is 0 Å². The first-order valence-electron chi connectivity index (χ1n) is 26.6. The molecule has 15 atom stereocenters. The van der Waals surface area contributed by atoms with Gasteiger partial charge in [-0.2, -0.15) is 0 Å². The Morgan fingerprint density at radius 2 is 1.55 bits per heavy atom. The standard InChI is InChI=1S/C55H88NO16P/c1-13-68-73(64,69-14-2)72-45-26-24-41(31-48(45)66-11)30-37(6)47-33-44(57)36(5)29-39(8)50(59)51(67-12)49(58)38(7)28-34(3)20-16-15-17-21-35(4)46(65-10)32-42-25-23-40(9)55(63,71-42)52(60)53(61)56-27-19-18-22-43(56)54(62)70-47/h15-17,20-21,29,34,37-43,45-48,50-51,59,63H,13-14,18-19,22-28,30-33H2,1-12H3/t34-,37-,38-,39?,40-,41+,42+,43+,45-,46+,47?,48-,50-,51+,55-/m1/s1. The Labute approximate surface area is 434 Å². The zero-order chi connectivity index (χ0) is 54.2. The number of amides is 1. The van der Waals surface area contributed by atoms with Gasteiger partial charge in [0.25, 0.3) is 11.7 Å². The van der Waals surface area contributed by atoms with Gasteiger partial charge in [0.2, 0.25) is 5.79 Å². The number of phosphoric ester groups is 1. The minimum atomic E-state index is -3.84. The molecule has 0 aromatic carbocycles. The van der Waals surface area contributed by atoms with E-state index in [0.717, 1.165) is 5.57 Å². The largest absolute Gasteiger partial charge is 0.475 e. The van der Waals surface area contributed by atoms with Crippen molar-refractivity contribution in [3.63, 3.8) is 0 Å². The Bertz CT molecular complexity index is 2010. The predicted octanol–water partition coefficient (Wildman–Crippen LogP) is 8.39. The Morgan fingerprint density at radius 3 is 2.19 bits per heavy atom. The molecule has 4 aliphatic rings. The van der Waals surface area contributed by atoms with Crippen molar-refractivity contribution in [3.05, 3.63) is 47.6 Å². The van der Waals surface area contributed by atoms with Gasteiger partial charge in [-0.3, -0.25) is 32.7 Å². The fraction of sp³-hybridized carbons (Fsp3) is 0.764. The molecule has 3 aliphatic heterocycles. The second kappa shape index (κ2) is 29.3. The number of methoxy groups -OCH3 is 3. The van der Waals surface area contributed by atoms with E-state index in [1.807, 2.05) is 58.1 Å². The fourth-order valence-electron chi connectivity index (χ4n) is 10.8. The van der Waals surface area contributed by atoms with Crippen LogP contribution in [0.2, 0.25) is 0 Å². The number of ether oxygens (including phenoxy) is 5. The quantitative estimate of drug-likeness (QED) is 0.106. The SMILES string of the molecule is CCOP(=O)(OCC)O[C@@H]1CC[C@@H](C[C@@H](C)C2CC(=O)C(C)=CC(C)[C@@H](O)[C@@H](OC)C(=O)[C@H](C)C[C@H](C)C=CC=CC=C(C)[C@@H](OC)C[C@@H]3CC[C@@H](C)[C@@](O)(O3)C(=O)C(=O)N3CCCC[C@H]3C(=O)O2)C[C@H]1OC. The molecule has 2 unspecified atom stereocenters. The van der Waals surface area contributed by atoms with E-state index in [4.69, 9.17) is 37.3 Å². The Kier molecular flexibility index (Phi) is 25.0. The second-order valence-corrected chi connectivity index (χ2v) is 22.6. The maximum Gasteiger partial charge on any atom is 0.475 e. The number of phosphoric acid groups is 1. The number of rotatable bonds is 12. The van der Waals surface area contributed by atoms with Crippen molar-refractivity contribution >= 4 is 37.0 Å². The molecule has 3 fully saturated rings. The average molecular weight is 1050 g/mol. The molecule has 0 aromatic heterocycles. The van der Waals surface area contributed by atoms with Crippen LogP contribution in [0.1, 0.15) is 139 Å². The fourth-order valence-corrected chi connectivity index (χ4v) is 12.2. The van der Waals surface area contributed by atoms with Crippen molar-refractivity contribution in [3.8, 4) is 0 Å². The molecule has 17 nitrogen and oxygen atoms in total. The van der Waals surface area contributed by atoms with Gasteiger partial charge in [0.1, 0.15) is 18.2 Å². The third kappa shape index (κ3) is 17.1. The molecule has 0 radical (unpaired) electrons. The summed E-state index contributed by atoms with van der Waals surface area (Å²) in [5, 5.41) is 23.6. The van der Waals surface area contributed by atoms with Gasteiger partial charge in [-0.25, -0.2) is 9.36 Å². The van der Waals surface area contributed by atoms with Gasteiger partial charge in [-0.15, -0.1) is 0 Å². The number of carbonyl (C=O) groups excluding carboxylic acids is 5. The summed E-state index contributed by atoms with van der Waals surface area (Å²) >= 11 is 0. The smallest absolute Gasteiger partial charge is 0.460 e. The molecule has 4 rings (SSSR count). The summed E-state index contributed by atoms with van der Waals surface area (Å²) in [4.78, 5) is 72.5. The highest BCUT2D eigenvalue weighted by Gasteiger charge is 2.53. The van der Waals surface area contributed by atoms with E-state index in [9.17, 15) is 38.8 Å². The van der Waals surface area contributed by atoms with Crippen LogP contribution in [-0.4, -0.2) is 140 Å². The number of carbonyl (C=O) groups is 5. The van der Waals surface area contributed by atoms with Gasteiger partial charge in [0.15, 0.2) is 11.6 Å². The van der Waals surface area contributed by atoms with E-state index < -0.39 is 104 Å². The molecular weight excluding hydrogens is 962 g/mol. The van der Waals surface area contributed by atoms with Gasteiger partial charge in [0, 0.05) is 58.5 Å². The van der Waals surface area contributed by atoms with Crippen molar-refractivity contribution in [1.29, 1.82) is 0 Å². The second-order valence-electron chi connectivity index (χ2n) is 21.0. The molecule has 2 N–H and O–H groups in total. The summed E-state index contributed by atoms with van der Waals surface area (Å²) in [6.07, 6.45) is 10.4. The van der Waals surface area contributed by atoms with E-state index in [1.165, 1.54) is 12.0 Å². The zero-order valence-electron chi connectivity index (χ0n) is 45.7.